The van der Waals surface area contributed by atoms with Gasteiger partial charge in [0.1, 0.15) is 12.8 Å². The number of aliphatic hydroxyl groups excluding tert-OH is 2. The van der Waals surface area contributed by atoms with Crippen LogP contribution >= 0.6 is 0 Å². The fourth-order valence-electron chi connectivity index (χ4n) is 8.86. The van der Waals surface area contributed by atoms with Crippen molar-refractivity contribution in [3.63, 3.8) is 0 Å². The van der Waals surface area contributed by atoms with Crippen LogP contribution in [0.1, 0.15) is 38.7 Å². The Labute approximate surface area is 227 Å². The van der Waals surface area contributed by atoms with Crippen molar-refractivity contribution in [1.82, 2.24) is 0 Å². The Kier molecular flexibility index (Phi) is 5.82. The number of alkyl halides is 5. The summed E-state index contributed by atoms with van der Waals surface area (Å²) in [6, 6.07) is 4.45. The minimum Gasteiger partial charge on any atom is -0.390 e. The lowest BCUT2D eigenvalue weighted by Crippen LogP contribution is -2.70. The topological polar surface area (TPSA) is 87.1 Å². The van der Waals surface area contributed by atoms with E-state index >= 15 is 8.78 Å². The number of benzene rings is 1. The molecule has 40 heavy (non-hydrogen) atoms. The molecule has 3 saturated carbocycles. The Morgan fingerprint density at radius 1 is 1.20 bits per heavy atom. The third kappa shape index (κ3) is 3.25. The number of hydrogen-bond donors (Lipinski definition) is 2. The third-order valence-electron chi connectivity index (χ3n) is 10.6. The molecule has 0 radical (unpaired) electrons. The number of ketones is 2. The number of carbonyl (C=O) groups is 2. The standard InChI is InChI=1S/C29H30F5NO5/c1-25-7-6-18(37)10-21(25)22(30)11-20-19-9-16-13-35(17-5-3-4-15(8-17)29(32,33)34)40-28(16,24(39)14-36)26(19,2)12-23(38)27(20,25)31/h3-8,10,16,19-20,22-23,36,38H,9,11-14H2,1-2H3/t16-,19-,20-,22-,23-,25-,26-,27-,28-/m0/s1. The van der Waals surface area contributed by atoms with Crippen molar-refractivity contribution in [1.29, 1.82) is 0 Å². The molecule has 5 aliphatic rings. The monoisotopic (exact) mass is 567 g/mol. The largest absolute Gasteiger partial charge is 0.416 e. The fraction of sp³-hybridized carbons (Fsp3) is 0.586. The zero-order valence-electron chi connectivity index (χ0n) is 21.9. The molecule has 2 N–H and O–H groups in total. The fourth-order valence-corrected chi connectivity index (χ4v) is 8.86. The molecule has 0 unspecified atom stereocenters. The molecule has 1 aliphatic heterocycles. The zero-order chi connectivity index (χ0) is 29.0. The molecule has 1 heterocycles. The van der Waals surface area contributed by atoms with Gasteiger partial charge in [-0.05, 0) is 68.0 Å². The highest BCUT2D eigenvalue weighted by atomic mass is 19.4. The molecule has 0 spiro atoms. The second kappa shape index (κ2) is 8.45. The number of aliphatic hydroxyl groups is 2. The van der Waals surface area contributed by atoms with Gasteiger partial charge in [-0.15, -0.1) is 0 Å². The van der Waals surface area contributed by atoms with Crippen LogP contribution in [0.4, 0.5) is 27.6 Å². The molecule has 6 nitrogen and oxygen atoms in total. The van der Waals surface area contributed by atoms with Crippen LogP contribution in [0.2, 0.25) is 0 Å². The molecule has 1 aromatic rings. The molecule has 4 aliphatic carbocycles. The van der Waals surface area contributed by atoms with E-state index in [0.717, 1.165) is 18.2 Å². The van der Waals surface area contributed by atoms with E-state index in [2.05, 4.69) is 0 Å². The van der Waals surface area contributed by atoms with Gasteiger partial charge in [0, 0.05) is 22.7 Å². The predicted molar refractivity (Wildman–Crippen MR) is 132 cm³/mol. The van der Waals surface area contributed by atoms with Gasteiger partial charge in [0.25, 0.3) is 0 Å². The number of carbonyl (C=O) groups excluding carboxylic acids is 2. The molecule has 4 fully saturated rings. The van der Waals surface area contributed by atoms with E-state index in [0.29, 0.717) is 0 Å². The van der Waals surface area contributed by atoms with Crippen molar-refractivity contribution in [2.75, 3.05) is 18.2 Å². The van der Waals surface area contributed by atoms with Gasteiger partial charge >= 0.3 is 6.18 Å². The molecule has 9 atom stereocenters. The maximum atomic E-state index is 17.4. The third-order valence-corrected chi connectivity index (χ3v) is 10.6. The van der Waals surface area contributed by atoms with Gasteiger partial charge in [-0.25, -0.2) is 8.78 Å². The van der Waals surface area contributed by atoms with Crippen molar-refractivity contribution in [3.05, 3.63) is 53.6 Å². The van der Waals surface area contributed by atoms with Crippen LogP contribution in [-0.4, -0.2) is 58.5 Å². The minimum atomic E-state index is -4.61. The summed E-state index contributed by atoms with van der Waals surface area (Å²) in [6.45, 7) is 2.18. The first kappa shape index (κ1) is 27.5. The number of halogens is 5. The molecule has 1 aromatic carbocycles. The van der Waals surface area contributed by atoms with Crippen LogP contribution in [-0.2, 0) is 20.6 Å². The Hall–Kier alpha value is -2.63. The molecular weight excluding hydrogens is 537 g/mol. The van der Waals surface area contributed by atoms with Crippen LogP contribution < -0.4 is 5.06 Å². The second-order valence-electron chi connectivity index (χ2n) is 12.3. The van der Waals surface area contributed by atoms with Crippen LogP contribution in [0.3, 0.4) is 0 Å². The lowest BCUT2D eigenvalue weighted by atomic mass is 9.44. The predicted octanol–water partition coefficient (Wildman–Crippen LogP) is 4.30. The van der Waals surface area contributed by atoms with Crippen LogP contribution in [0.5, 0.6) is 0 Å². The van der Waals surface area contributed by atoms with Gasteiger partial charge in [-0.3, -0.25) is 19.5 Å². The maximum Gasteiger partial charge on any atom is 0.416 e. The van der Waals surface area contributed by atoms with Crippen LogP contribution in [0, 0.1) is 28.6 Å². The first-order valence-electron chi connectivity index (χ1n) is 13.4. The van der Waals surface area contributed by atoms with E-state index in [1.165, 1.54) is 36.3 Å². The van der Waals surface area contributed by atoms with Crippen molar-refractivity contribution >= 4 is 17.3 Å². The number of Topliss-reactive ketones (excluding diaryl/α,β-unsaturated/α-hetero) is 1. The summed E-state index contributed by atoms with van der Waals surface area (Å²) in [7, 11) is 0. The van der Waals surface area contributed by atoms with Crippen molar-refractivity contribution in [3.8, 4) is 0 Å². The number of rotatable bonds is 3. The van der Waals surface area contributed by atoms with Gasteiger partial charge in [-0.2, -0.15) is 13.2 Å². The maximum absolute atomic E-state index is 17.4. The molecule has 0 amide bonds. The Morgan fingerprint density at radius 2 is 1.93 bits per heavy atom. The molecular formula is C29H30F5NO5. The van der Waals surface area contributed by atoms with E-state index < -0.39 is 82.0 Å². The van der Waals surface area contributed by atoms with Gasteiger partial charge in [0.05, 0.1) is 23.9 Å². The number of anilines is 1. The highest BCUT2D eigenvalue weighted by Crippen LogP contribution is 2.72. The Morgan fingerprint density at radius 3 is 2.60 bits per heavy atom. The summed E-state index contributed by atoms with van der Waals surface area (Å²) in [5, 5.41) is 22.7. The normalized spacial score (nSPS) is 44.0. The van der Waals surface area contributed by atoms with E-state index in [1.807, 2.05) is 0 Å². The zero-order valence-corrected chi connectivity index (χ0v) is 21.9. The minimum absolute atomic E-state index is 0.0167. The molecule has 11 heteroatoms. The highest BCUT2D eigenvalue weighted by Gasteiger charge is 2.79. The van der Waals surface area contributed by atoms with Gasteiger partial charge in [-0.1, -0.05) is 19.1 Å². The summed E-state index contributed by atoms with van der Waals surface area (Å²) in [5.41, 5.74) is -7.87. The van der Waals surface area contributed by atoms with E-state index in [4.69, 9.17) is 4.84 Å². The summed E-state index contributed by atoms with van der Waals surface area (Å²) in [4.78, 5) is 31.8. The van der Waals surface area contributed by atoms with Crippen molar-refractivity contribution in [2.24, 2.45) is 28.6 Å². The summed E-state index contributed by atoms with van der Waals surface area (Å²) in [6.07, 6.45) is -4.77. The number of nitrogens with zero attached hydrogens (tertiary/aromatic N) is 1. The molecule has 1 saturated heterocycles. The van der Waals surface area contributed by atoms with Crippen molar-refractivity contribution in [2.45, 2.75) is 62.8 Å². The first-order valence-corrected chi connectivity index (χ1v) is 13.4. The van der Waals surface area contributed by atoms with E-state index in [1.54, 1.807) is 6.92 Å². The average molecular weight is 568 g/mol. The summed E-state index contributed by atoms with van der Waals surface area (Å²) < 4.78 is 73.3. The molecule has 0 aromatic heterocycles. The smallest absolute Gasteiger partial charge is 0.390 e. The van der Waals surface area contributed by atoms with E-state index in [-0.39, 0.29) is 37.1 Å². The highest BCUT2D eigenvalue weighted by molar-refractivity contribution is 6.01. The molecule has 6 rings (SSSR count). The lowest BCUT2D eigenvalue weighted by Gasteiger charge is -2.63. The van der Waals surface area contributed by atoms with Gasteiger partial charge in [0.2, 0.25) is 0 Å². The number of hydrogen-bond acceptors (Lipinski definition) is 6. The first-order chi connectivity index (χ1) is 18.6. The van der Waals surface area contributed by atoms with Crippen LogP contribution in [0.25, 0.3) is 0 Å². The second-order valence-corrected chi connectivity index (χ2v) is 12.3. The van der Waals surface area contributed by atoms with Gasteiger partial charge in [0.15, 0.2) is 22.8 Å². The van der Waals surface area contributed by atoms with E-state index in [9.17, 15) is 33.0 Å². The van der Waals surface area contributed by atoms with Gasteiger partial charge < -0.3 is 10.2 Å². The van der Waals surface area contributed by atoms with Crippen molar-refractivity contribution < 1.29 is 46.6 Å². The summed E-state index contributed by atoms with van der Waals surface area (Å²) in [5.74, 6) is -3.57. The molecule has 0 bridgehead atoms. The summed E-state index contributed by atoms with van der Waals surface area (Å²) >= 11 is 0. The number of hydroxylamine groups is 1. The number of fused-ring (bicyclic) bond motifs is 7. The quantitative estimate of drug-likeness (QED) is 0.530. The molecule has 216 valence electrons. The average Bonchev–Trinajstić information content (AvgIpc) is 3.40. The Balaban J connectivity index is 1.43. The van der Waals surface area contributed by atoms with Crippen LogP contribution in [0.15, 0.2) is 48.1 Å². The Bertz CT molecular complexity index is 1350. The SMILES string of the molecule is C[C@]12C=CC(=O)C=C1[C@@H](F)C[C@H]1[C@@H]3C[C@H]4CN(c5cccc(C(F)(F)F)c5)O[C@@]4(C(=O)CO)[C@@]3(C)C[C@H](O)[C@@]12F. The lowest BCUT2D eigenvalue weighted by molar-refractivity contribution is -0.228. The number of allylic oxidation sites excluding steroid dienone is 4.